The number of carbonyl (C=O) groups is 2. The largest absolute Gasteiger partial charge is 0.508 e. The molecule has 0 saturated heterocycles. The van der Waals surface area contributed by atoms with Gasteiger partial charge in [0.15, 0.2) is 0 Å². The summed E-state index contributed by atoms with van der Waals surface area (Å²) in [5, 5.41) is 15.9. The topological polar surface area (TPSA) is 90.8 Å². The van der Waals surface area contributed by atoms with Crippen LogP contribution in [0.25, 0.3) is 0 Å². The Labute approximate surface area is 133 Å². The molecule has 0 radical (unpaired) electrons. The second-order valence-electron chi connectivity index (χ2n) is 4.94. The predicted molar refractivity (Wildman–Crippen MR) is 88.5 cm³/mol. The van der Waals surface area contributed by atoms with E-state index in [0.717, 1.165) is 5.56 Å². The molecule has 0 spiro atoms. The monoisotopic (exact) mass is 311 g/mol. The summed E-state index contributed by atoms with van der Waals surface area (Å²) in [7, 11) is 0. The second-order valence-corrected chi connectivity index (χ2v) is 4.94. The minimum Gasteiger partial charge on any atom is -0.508 e. The van der Waals surface area contributed by atoms with Gasteiger partial charge in [0.25, 0.3) is 5.91 Å². The van der Waals surface area contributed by atoms with Gasteiger partial charge in [-0.15, -0.1) is 0 Å². The molecule has 0 aliphatic rings. The molecule has 0 bridgehead atoms. The van der Waals surface area contributed by atoms with Gasteiger partial charge in [-0.1, -0.05) is 0 Å². The van der Waals surface area contributed by atoms with Gasteiger partial charge >= 0.3 is 0 Å². The van der Waals surface area contributed by atoms with E-state index in [0.29, 0.717) is 17.0 Å². The highest BCUT2D eigenvalue weighted by atomic mass is 16.3. The van der Waals surface area contributed by atoms with E-state index in [1.807, 2.05) is 0 Å². The van der Waals surface area contributed by atoms with Gasteiger partial charge in [0.1, 0.15) is 5.75 Å². The number of phenols is 1. The lowest BCUT2D eigenvalue weighted by molar-refractivity contribution is -0.114. The second kappa shape index (κ2) is 7.22. The molecule has 0 atom stereocenters. The van der Waals surface area contributed by atoms with Crippen molar-refractivity contribution in [1.29, 1.82) is 0 Å². The molecule has 0 saturated carbocycles. The zero-order chi connectivity index (χ0) is 16.8. The zero-order valence-electron chi connectivity index (χ0n) is 12.8. The van der Waals surface area contributed by atoms with Crippen LogP contribution in [0.4, 0.5) is 5.69 Å². The van der Waals surface area contributed by atoms with Crippen LogP contribution in [0.5, 0.6) is 5.75 Å². The highest BCUT2D eigenvalue weighted by Gasteiger charge is 2.05. The average molecular weight is 311 g/mol. The van der Waals surface area contributed by atoms with Gasteiger partial charge in [-0.3, -0.25) is 9.59 Å². The molecule has 6 heteroatoms. The number of rotatable bonds is 4. The van der Waals surface area contributed by atoms with Crippen molar-refractivity contribution in [2.75, 3.05) is 5.32 Å². The normalized spacial score (nSPS) is 11.0. The summed E-state index contributed by atoms with van der Waals surface area (Å²) in [5.41, 5.74) is 4.94. The third kappa shape index (κ3) is 4.67. The lowest BCUT2D eigenvalue weighted by Gasteiger charge is -2.05. The number of carbonyl (C=O) groups excluding carboxylic acids is 2. The van der Waals surface area contributed by atoms with E-state index in [2.05, 4.69) is 15.8 Å². The predicted octanol–water partition coefficient (Wildman–Crippen LogP) is 2.50. The van der Waals surface area contributed by atoms with Gasteiger partial charge in [0, 0.05) is 18.2 Å². The van der Waals surface area contributed by atoms with Crippen LogP contribution in [0.15, 0.2) is 53.6 Å². The highest BCUT2D eigenvalue weighted by molar-refractivity contribution is 6.01. The molecule has 2 aromatic rings. The van der Waals surface area contributed by atoms with Crippen LogP contribution < -0.4 is 10.7 Å². The van der Waals surface area contributed by atoms with Crippen molar-refractivity contribution in [3.8, 4) is 5.75 Å². The van der Waals surface area contributed by atoms with Gasteiger partial charge < -0.3 is 10.4 Å². The molecular weight excluding hydrogens is 294 g/mol. The quantitative estimate of drug-likeness (QED) is 0.598. The Balaban J connectivity index is 2.02. The zero-order valence-corrected chi connectivity index (χ0v) is 12.8. The molecule has 3 N–H and O–H groups in total. The fourth-order valence-corrected chi connectivity index (χ4v) is 1.87. The Hall–Kier alpha value is -3.15. The molecule has 0 unspecified atom stereocenters. The summed E-state index contributed by atoms with van der Waals surface area (Å²) in [6, 6.07) is 13.0. The standard InChI is InChI=1S/C17H17N3O3/c1-11(13-5-9-16(22)10-6-13)19-20-17(23)14-3-7-15(8-4-14)18-12(2)21/h3-10,22H,1-2H3,(H,18,21)(H,20,23)/b19-11+. The first-order valence-electron chi connectivity index (χ1n) is 6.97. The van der Waals surface area contributed by atoms with E-state index in [1.54, 1.807) is 55.5 Å². The SMILES string of the molecule is CC(=O)Nc1ccc(C(=O)N/N=C(\C)c2ccc(O)cc2)cc1. The van der Waals surface area contributed by atoms with Gasteiger partial charge in [0.2, 0.25) is 5.91 Å². The molecule has 2 aromatic carbocycles. The van der Waals surface area contributed by atoms with Crippen molar-refractivity contribution in [2.24, 2.45) is 5.10 Å². The van der Waals surface area contributed by atoms with E-state index in [9.17, 15) is 14.7 Å². The van der Waals surface area contributed by atoms with Crippen LogP contribution in [0.1, 0.15) is 29.8 Å². The first-order chi connectivity index (χ1) is 11.0. The maximum absolute atomic E-state index is 12.0. The maximum Gasteiger partial charge on any atom is 0.271 e. The Morgan fingerprint density at radius 2 is 1.48 bits per heavy atom. The van der Waals surface area contributed by atoms with Crippen molar-refractivity contribution < 1.29 is 14.7 Å². The van der Waals surface area contributed by atoms with E-state index in [-0.39, 0.29) is 17.6 Å². The Bertz CT molecular complexity index is 735. The van der Waals surface area contributed by atoms with Crippen molar-refractivity contribution in [2.45, 2.75) is 13.8 Å². The van der Waals surface area contributed by atoms with Crippen LogP contribution >= 0.6 is 0 Å². The highest BCUT2D eigenvalue weighted by Crippen LogP contribution is 2.11. The summed E-state index contributed by atoms with van der Waals surface area (Å²) in [6.07, 6.45) is 0. The molecule has 0 heterocycles. The molecule has 2 amide bonds. The van der Waals surface area contributed by atoms with Crippen molar-refractivity contribution >= 4 is 23.2 Å². The number of nitrogens with zero attached hydrogens (tertiary/aromatic N) is 1. The number of nitrogens with one attached hydrogen (secondary N) is 2. The van der Waals surface area contributed by atoms with Gasteiger partial charge in [-0.25, -0.2) is 5.43 Å². The molecule has 6 nitrogen and oxygen atoms in total. The van der Waals surface area contributed by atoms with Crippen LogP contribution in [-0.2, 0) is 4.79 Å². The number of phenolic OH excluding ortho intramolecular Hbond substituents is 1. The van der Waals surface area contributed by atoms with Gasteiger partial charge in [-0.2, -0.15) is 5.10 Å². The minimum absolute atomic E-state index is 0.170. The maximum atomic E-state index is 12.0. The molecule has 23 heavy (non-hydrogen) atoms. The minimum atomic E-state index is -0.350. The number of benzene rings is 2. The number of amides is 2. The van der Waals surface area contributed by atoms with E-state index < -0.39 is 0 Å². The van der Waals surface area contributed by atoms with Crippen LogP contribution in [0, 0.1) is 0 Å². The summed E-state index contributed by atoms with van der Waals surface area (Å²) < 4.78 is 0. The third-order valence-corrected chi connectivity index (χ3v) is 3.08. The first kappa shape index (κ1) is 16.2. The summed E-state index contributed by atoms with van der Waals surface area (Å²) in [5.74, 6) is -0.348. The number of hydrogen-bond acceptors (Lipinski definition) is 4. The lowest BCUT2D eigenvalue weighted by atomic mass is 10.1. The Morgan fingerprint density at radius 1 is 0.913 bits per heavy atom. The van der Waals surface area contributed by atoms with Crippen molar-refractivity contribution in [3.63, 3.8) is 0 Å². The number of aromatic hydroxyl groups is 1. The lowest BCUT2D eigenvalue weighted by Crippen LogP contribution is -2.19. The van der Waals surface area contributed by atoms with Crippen LogP contribution in [-0.4, -0.2) is 22.6 Å². The summed E-state index contributed by atoms with van der Waals surface area (Å²) >= 11 is 0. The van der Waals surface area contributed by atoms with Gasteiger partial charge in [0.05, 0.1) is 5.71 Å². The van der Waals surface area contributed by atoms with Crippen LogP contribution in [0.3, 0.4) is 0 Å². The molecule has 2 rings (SSSR count). The number of hydrazone groups is 1. The fraction of sp³-hybridized carbons (Fsp3) is 0.118. The summed E-state index contributed by atoms with van der Waals surface area (Å²) in [4.78, 5) is 23.0. The Morgan fingerprint density at radius 3 is 2.04 bits per heavy atom. The molecule has 0 aliphatic heterocycles. The van der Waals surface area contributed by atoms with E-state index >= 15 is 0 Å². The Kier molecular flexibility index (Phi) is 5.09. The fourth-order valence-electron chi connectivity index (χ4n) is 1.87. The molecule has 0 fully saturated rings. The molecule has 118 valence electrons. The molecule has 0 aliphatic carbocycles. The van der Waals surface area contributed by atoms with Crippen molar-refractivity contribution in [3.05, 3.63) is 59.7 Å². The smallest absolute Gasteiger partial charge is 0.271 e. The molecular formula is C17H17N3O3. The van der Waals surface area contributed by atoms with Crippen molar-refractivity contribution in [1.82, 2.24) is 5.43 Å². The van der Waals surface area contributed by atoms with E-state index in [4.69, 9.17) is 0 Å². The number of anilines is 1. The average Bonchev–Trinajstić information content (AvgIpc) is 2.53. The summed E-state index contributed by atoms with van der Waals surface area (Å²) in [6.45, 7) is 3.17. The molecule has 0 aromatic heterocycles. The van der Waals surface area contributed by atoms with Gasteiger partial charge in [-0.05, 0) is 61.0 Å². The van der Waals surface area contributed by atoms with Crippen LogP contribution in [0.2, 0.25) is 0 Å². The van der Waals surface area contributed by atoms with E-state index in [1.165, 1.54) is 6.92 Å². The number of hydrogen-bond donors (Lipinski definition) is 3. The third-order valence-electron chi connectivity index (χ3n) is 3.08. The first-order valence-corrected chi connectivity index (χ1v) is 6.97.